The predicted molar refractivity (Wildman–Crippen MR) is 112 cm³/mol. The van der Waals surface area contributed by atoms with E-state index in [1.165, 1.54) is 0 Å². The lowest BCUT2D eigenvalue weighted by molar-refractivity contribution is 0.197. The minimum absolute atomic E-state index is 0.591. The molecule has 0 saturated carbocycles. The molecule has 2 aromatic heterocycles. The molecular weight excluding hydrogens is 383 g/mol. The molecule has 0 aliphatic rings. The Morgan fingerprint density at radius 3 is 2.74 bits per heavy atom. The number of aryl methyl sites for hydroxylation is 1. The molecule has 144 valence electrons. The van der Waals surface area contributed by atoms with Crippen molar-refractivity contribution in [2.45, 2.75) is 32.6 Å². The molecule has 0 amide bonds. The van der Waals surface area contributed by atoms with Crippen LogP contribution in [0.15, 0.2) is 30.5 Å². The van der Waals surface area contributed by atoms with E-state index in [-0.39, 0.29) is 0 Å². The lowest BCUT2D eigenvalue weighted by atomic mass is 10.1. The minimum atomic E-state index is 0.591. The van der Waals surface area contributed by atoms with Crippen LogP contribution in [0.1, 0.15) is 31.9 Å². The zero-order valence-corrected chi connectivity index (χ0v) is 17.1. The van der Waals surface area contributed by atoms with Crippen molar-refractivity contribution in [1.82, 2.24) is 14.6 Å². The summed E-state index contributed by atoms with van der Waals surface area (Å²) in [5, 5.41) is 9.20. The summed E-state index contributed by atoms with van der Waals surface area (Å²) in [6, 6.07) is 7.56. The lowest BCUT2D eigenvalue weighted by Crippen LogP contribution is -2.10. The highest BCUT2D eigenvalue weighted by Gasteiger charge is 2.15. The quantitative estimate of drug-likeness (QED) is 0.477. The smallest absolute Gasteiger partial charge is 0.165 e. The molecule has 0 fully saturated rings. The molecule has 1 N–H and O–H groups in total. The third-order valence-corrected chi connectivity index (χ3v) is 4.91. The van der Waals surface area contributed by atoms with Gasteiger partial charge in [0.1, 0.15) is 5.82 Å². The first kappa shape index (κ1) is 19.9. The first-order valence-corrected chi connectivity index (χ1v) is 9.95. The Morgan fingerprint density at radius 2 is 2.00 bits per heavy atom. The molecule has 2 heterocycles. The van der Waals surface area contributed by atoms with E-state index in [4.69, 9.17) is 32.9 Å². The summed E-state index contributed by atoms with van der Waals surface area (Å²) in [5.41, 5.74) is 3.61. The summed E-state index contributed by atoms with van der Waals surface area (Å²) in [4.78, 5) is 4.86. The molecule has 0 unspecified atom stereocenters. The number of methoxy groups -OCH3 is 1. The Bertz CT molecular complexity index is 910. The molecular formula is C20H24Cl2N4O. The number of hydrogen-bond donors (Lipinski definition) is 1. The van der Waals surface area contributed by atoms with E-state index >= 15 is 0 Å². The van der Waals surface area contributed by atoms with Crippen LogP contribution < -0.4 is 5.32 Å². The van der Waals surface area contributed by atoms with E-state index in [0.717, 1.165) is 60.5 Å². The molecule has 3 aromatic rings. The number of unbranched alkanes of at least 4 members (excludes halogenated alkanes) is 1. The molecule has 3 rings (SSSR count). The monoisotopic (exact) mass is 406 g/mol. The number of hydrogen-bond acceptors (Lipinski definition) is 4. The van der Waals surface area contributed by atoms with Crippen LogP contribution >= 0.6 is 23.2 Å². The van der Waals surface area contributed by atoms with E-state index in [9.17, 15) is 0 Å². The summed E-state index contributed by atoms with van der Waals surface area (Å²) in [6.45, 7) is 3.70. The summed E-state index contributed by atoms with van der Waals surface area (Å²) in [5.74, 6) is 0.929. The third kappa shape index (κ3) is 4.72. The SMILES string of the molecule is CCCCc1cc(NCCCOC)n2ncc(-c3ccc(Cl)cc3Cl)c2n1. The van der Waals surface area contributed by atoms with Crippen LogP contribution in [-0.2, 0) is 11.2 Å². The molecule has 0 aliphatic carbocycles. The van der Waals surface area contributed by atoms with Crippen LogP contribution in [-0.4, -0.2) is 34.9 Å². The van der Waals surface area contributed by atoms with Crippen molar-refractivity contribution >= 4 is 34.7 Å². The molecule has 27 heavy (non-hydrogen) atoms. The van der Waals surface area contributed by atoms with Crippen LogP contribution in [0.3, 0.4) is 0 Å². The maximum atomic E-state index is 6.42. The van der Waals surface area contributed by atoms with Crippen molar-refractivity contribution in [3.8, 4) is 11.1 Å². The van der Waals surface area contributed by atoms with Gasteiger partial charge in [-0.1, -0.05) is 42.6 Å². The first-order valence-electron chi connectivity index (χ1n) is 9.20. The van der Waals surface area contributed by atoms with Gasteiger partial charge in [-0.25, -0.2) is 4.98 Å². The zero-order chi connectivity index (χ0) is 19.2. The molecule has 0 saturated heterocycles. The standard InChI is InChI=1S/C20H24Cl2N4O/c1-3-4-6-15-12-19(23-9-5-10-27-2)26-20(25-15)17(13-24-26)16-8-7-14(21)11-18(16)22/h7-8,11-13,23H,3-6,9-10H2,1-2H3. The molecule has 1 aromatic carbocycles. The fourth-order valence-corrected chi connectivity index (χ4v) is 3.47. The Morgan fingerprint density at radius 1 is 1.15 bits per heavy atom. The van der Waals surface area contributed by atoms with Gasteiger partial charge < -0.3 is 10.1 Å². The molecule has 0 bridgehead atoms. The number of halogens is 2. The number of nitrogens with zero attached hydrogens (tertiary/aromatic N) is 3. The highest BCUT2D eigenvalue weighted by molar-refractivity contribution is 6.36. The van der Waals surface area contributed by atoms with Crippen molar-refractivity contribution in [3.63, 3.8) is 0 Å². The van der Waals surface area contributed by atoms with Crippen LogP contribution in [0.2, 0.25) is 10.0 Å². The largest absolute Gasteiger partial charge is 0.385 e. The van der Waals surface area contributed by atoms with E-state index in [1.54, 1.807) is 19.4 Å². The van der Waals surface area contributed by atoms with E-state index in [1.807, 2.05) is 16.6 Å². The van der Waals surface area contributed by atoms with Crippen molar-refractivity contribution in [3.05, 3.63) is 46.2 Å². The molecule has 0 aliphatic heterocycles. The first-order chi connectivity index (χ1) is 13.1. The molecule has 0 spiro atoms. The molecule has 0 atom stereocenters. The normalized spacial score (nSPS) is 11.3. The predicted octanol–water partition coefficient (Wildman–Crippen LogP) is 5.49. The number of rotatable bonds is 9. The molecule has 5 nitrogen and oxygen atoms in total. The van der Waals surface area contributed by atoms with Crippen molar-refractivity contribution in [2.24, 2.45) is 0 Å². The number of fused-ring (bicyclic) bond motifs is 1. The van der Waals surface area contributed by atoms with Gasteiger partial charge in [-0.05, 0) is 31.4 Å². The zero-order valence-electron chi connectivity index (χ0n) is 15.6. The van der Waals surface area contributed by atoms with Gasteiger partial charge in [0.05, 0.1) is 11.2 Å². The van der Waals surface area contributed by atoms with Crippen LogP contribution in [0.25, 0.3) is 16.8 Å². The van der Waals surface area contributed by atoms with Crippen LogP contribution in [0, 0.1) is 0 Å². The summed E-state index contributed by atoms with van der Waals surface area (Å²) in [6.07, 6.45) is 5.87. The van der Waals surface area contributed by atoms with Gasteiger partial charge in [0.25, 0.3) is 0 Å². The Kier molecular flexibility index (Phi) is 6.94. The van der Waals surface area contributed by atoms with Gasteiger partial charge in [-0.2, -0.15) is 9.61 Å². The third-order valence-electron chi connectivity index (χ3n) is 4.36. The number of ether oxygens (including phenoxy) is 1. The Balaban J connectivity index is 2.03. The van der Waals surface area contributed by atoms with E-state index in [0.29, 0.717) is 16.7 Å². The summed E-state index contributed by atoms with van der Waals surface area (Å²) >= 11 is 12.5. The lowest BCUT2D eigenvalue weighted by Gasteiger charge is -2.11. The average molecular weight is 407 g/mol. The molecule has 7 heteroatoms. The van der Waals surface area contributed by atoms with Gasteiger partial charge in [-0.15, -0.1) is 0 Å². The van der Waals surface area contributed by atoms with E-state index < -0.39 is 0 Å². The highest BCUT2D eigenvalue weighted by Crippen LogP contribution is 2.33. The van der Waals surface area contributed by atoms with Crippen molar-refractivity contribution in [2.75, 3.05) is 25.6 Å². The van der Waals surface area contributed by atoms with Crippen LogP contribution in [0.5, 0.6) is 0 Å². The van der Waals surface area contributed by atoms with Gasteiger partial charge in [0.15, 0.2) is 5.65 Å². The highest BCUT2D eigenvalue weighted by atomic mass is 35.5. The second kappa shape index (κ2) is 9.40. The second-order valence-electron chi connectivity index (χ2n) is 6.43. The van der Waals surface area contributed by atoms with Crippen LogP contribution in [0.4, 0.5) is 5.82 Å². The van der Waals surface area contributed by atoms with Gasteiger partial charge in [0, 0.05) is 48.2 Å². The Hall–Kier alpha value is -1.82. The fraction of sp³-hybridized carbons (Fsp3) is 0.400. The Labute approximate surface area is 169 Å². The maximum absolute atomic E-state index is 6.42. The fourth-order valence-electron chi connectivity index (χ4n) is 2.96. The van der Waals surface area contributed by atoms with Crippen molar-refractivity contribution < 1.29 is 4.74 Å². The van der Waals surface area contributed by atoms with Gasteiger partial charge in [-0.3, -0.25) is 0 Å². The van der Waals surface area contributed by atoms with E-state index in [2.05, 4.69) is 23.4 Å². The number of benzene rings is 1. The summed E-state index contributed by atoms with van der Waals surface area (Å²) in [7, 11) is 1.71. The number of nitrogens with one attached hydrogen (secondary N) is 1. The van der Waals surface area contributed by atoms with Crippen molar-refractivity contribution in [1.29, 1.82) is 0 Å². The topological polar surface area (TPSA) is 51.5 Å². The van der Waals surface area contributed by atoms with Gasteiger partial charge in [0.2, 0.25) is 0 Å². The maximum Gasteiger partial charge on any atom is 0.165 e. The average Bonchev–Trinajstić information content (AvgIpc) is 3.07. The number of aromatic nitrogens is 3. The molecule has 0 radical (unpaired) electrons. The minimum Gasteiger partial charge on any atom is -0.385 e. The second-order valence-corrected chi connectivity index (χ2v) is 7.27. The number of anilines is 1. The summed E-state index contributed by atoms with van der Waals surface area (Å²) < 4.78 is 6.96. The van der Waals surface area contributed by atoms with Gasteiger partial charge >= 0.3 is 0 Å².